The molecule has 0 saturated heterocycles. The van der Waals surface area contributed by atoms with Crippen LogP contribution in [0.25, 0.3) is 0 Å². The Balaban J connectivity index is 1.72. The molecular weight excluding hydrogens is 290 g/mol. The van der Waals surface area contributed by atoms with Gasteiger partial charge in [-0.3, -0.25) is 4.79 Å². The number of fused-ring (bicyclic) bond motifs is 1. The van der Waals surface area contributed by atoms with Gasteiger partial charge in [-0.25, -0.2) is 0 Å². The summed E-state index contributed by atoms with van der Waals surface area (Å²) in [4.78, 5) is 12.3. The van der Waals surface area contributed by atoms with Crippen LogP contribution in [0.3, 0.4) is 0 Å². The van der Waals surface area contributed by atoms with Gasteiger partial charge in [-0.05, 0) is 43.7 Å². The van der Waals surface area contributed by atoms with Crippen molar-refractivity contribution in [2.75, 3.05) is 13.2 Å². The predicted octanol–water partition coefficient (Wildman–Crippen LogP) is 3.65. The summed E-state index contributed by atoms with van der Waals surface area (Å²) in [5.74, 6) is 1.43. The Hall–Kier alpha value is -2.49. The van der Waals surface area contributed by atoms with Crippen LogP contribution in [0.15, 0.2) is 42.5 Å². The molecule has 4 heteroatoms. The Kier molecular flexibility index (Phi) is 4.51. The topological polar surface area (TPSA) is 47.6 Å². The number of hydrogen-bond acceptors (Lipinski definition) is 3. The van der Waals surface area contributed by atoms with Crippen molar-refractivity contribution in [3.05, 3.63) is 59.2 Å². The third-order valence-electron chi connectivity index (χ3n) is 3.93. The standard InChI is InChI=1S/C19H21NO3/c1-13-4-6-15(7-5-13)19(21)20-14(2)16-8-9-17-18(12-16)23-11-3-10-22-17/h4-9,12,14H,3,10-11H2,1-2H3,(H,20,21). The lowest BCUT2D eigenvalue weighted by molar-refractivity contribution is 0.0940. The molecule has 1 atom stereocenters. The highest BCUT2D eigenvalue weighted by atomic mass is 16.5. The number of carbonyl (C=O) groups is 1. The number of amides is 1. The monoisotopic (exact) mass is 311 g/mol. The smallest absolute Gasteiger partial charge is 0.251 e. The van der Waals surface area contributed by atoms with Crippen molar-refractivity contribution in [1.82, 2.24) is 5.32 Å². The summed E-state index contributed by atoms with van der Waals surface area (Å²) in [6.07, 6.45) is 0.879. The molecule has 0 bridgehead atoms. The SMILES string of the molecule is Cc1ccc(C(=O)NC(C)c2ccc3c(c2)OCCCO3)cc1. The molecule has 1 aliphatic heterocycles. The molecular formula is C19H21NO3. The number of ether oxygens (including phenoxy) is 2. The highest BCUT2D eigenvalue weighted by Crippen LogP contribution is 2.32. The fourth-order valence-corrected chi connectivity index (χ4v) is 2.52. The van der Waals surface area contributed by atoms with E-state index in [-0.39, 0.29) is 11.9 Å². The first-order valence-corrected chi connectivity index (χ1v) is 7.90. The molecule has 0 aliphatic carbocycles. The molecule has 1 unspecified atom stereocenters. The second kappa shape index (κ2) is 6.73. The van der Waals surface area contributed by atoms with Gasteiger partial charge in [0.15, 0.2) is 11.5 Å². The molecule has 3 rings (SSSR count). The molecule has 2 aromatic carbocycles. The van der Waals surface area contributed by atoms with E-state index in [1.807, 2.05) is 56.3 Å². The highest BCUT2D eigenvalue weighted by molar-refractivity contribution is 5.94. The van der Waals surface area contributed by atoms with Crippen LogP contribution in [0.4, 0.5) is 0 Å². The van der Waals surface area contributed by atoms with Crippen molar-refractivity contribution < 1.29 is 14.3 Å². The number of nitrogens with one attached hydrogen (secondary N) is 1. The number of benzene rings is 2. The van der Waals surface area contributed by atoms with Gasteiger partial charge in [-0.2, -0.15) is 0 Å². The van der Waals surface area contributed by atoms with Gasteiger partial charge in [0.2, 0.25) is 0 Å². The third-order valence-corrected chi connectivity index (χ3v) is 3.93. The Bertz CT molecular complexity index is 694. The first kappa shape index (κ1) is 15.4. The van der Waals surface area contributed by atoms with Gasteiger partial charge in [0.1, 0.15) is 0 Å². The van der Waals surface area contributed by atoms with Gasteiger partial charge >= 0.3 is 0 Å². The van der Waals surface area contributed by atoms with E-state index in [9.17, 15) is 4.79 Å². The molecule has 0 radical (unpaired) electrons. The number of rotatable bonds is 3. The molecule has 0 spiro atoms. The van der Waals surface area contributed by atoms with Crippen LogP contribution >= 0.6 is 0 Å². The van der Waals surface area contributed by atoms with Crippen molar-refractivity contribution in [2.45, 2.75) is 26.3 Å². The summed E-state index contributed by atoms with van der Waals surface area (Å²) >= 11 is 0. The van der Waals surface area contributed by atoms with Gasteiger partial charge in [-0.15, -0.1) is 0 Å². The summed E-state index contributed by atoms with van der Waals surface area (Å²) in [7, 11) is 0. The molecule has 2 aromatic rings. The van der Waals surface area contributed by atoms with Crippen LogP contribution in [-0.4, -0.2) is 19.1 Å². The van der Waals surface area contributed by atoms with Gasteiger partial charge < -0.3 is 14.8 Å². The molecule has 1 N–H and O–H groups in total. The lowest BCUT2D eigenvalue weighted by Gasteiger charge is -2.16. The summed E-state index contributed by atoms with van der Waals surface area (Å²) in [5, 5.41) is 3.02. The van der Waals surface area contributed by atoms with Crippen molar-refractivity contribution in [1.29, 1.82) is 0 Å². The Morgan fingerprint density at radius 3 is 2.48 bits per heavy atom. The van der Waals surface area contributed by atoms with E-state index in [0.717, 1.165) is 29.0 Å². The zero-order chi connectivity index (χ0) is 16.2. The Morgan fingerprint density at radius 1 is 1.04 bits per heavy atom. The molecule has 1 amide bonds. The molecule has 0 aromatic heterocycles. The fourth-order valence-electron chi connectivity index (χ4n) is 2.52. The number of aryl methyl sites for hydroxylation is 1. The molecule has 23 heavy (non-hydrogen) atoms. The first-order valence-electron chi connectivity index (χ1n) is 7.90. The van der Waals surface area contributed by atoms with Gasteiger partial charge in [0.05, 0.1) is 19.3 Å². The van der Waals surface area contributed by atoms with Crippen LogP contribution in [0.2, 0.25) is 0 Å². The largest absolute Gasteiger partial charge is 0.490 e. The minimum Gasteiger partial charge on any atom is -0.490 e. The van der Waals surface area contributed by atoms with E-state index >= 15 is 0 Å². The predicted molar refractivity (Wildman–Crippen MR) is 89.1 cm³/mol. The van der Waals surface area contributed by atoms with Crippen molar-refractivity contribution in [3.63, 3.8) is 0 Å². The number of carbonyl (C=O) groups excluding carboxylic acids is 1. The maximum Gasteiger partial charge on any atom is 0.251 e. The van der Waals surface area contributed by atoms with E-state index in [0.29, 0.717) is 18.8 Å². The molecule has 1 aliphatic rings. The van der Waals surface area contributed by atoms with Crippen LogP contribution in [0, 0.1) is 6.92 Å². The van der Waals surface area contributed by atoms with Crippen molar-refractivity contribution in [3.8, 4) is 11.5 Å². The van der Waals surface area contributed by atoms with E-state index in [4.69, 9.17) is 9.47 Å². The summed E-state index contributed by atoms with van der Waals surface area (Å²) in [5.41, 5.74) is 2.80. The first-order chi connectivity index (χ1) is 11.1. The molecule has 0 saturated carbocycles. The quantitative estimate of drug-likeness (QED) is 0.941. The highest BCUT2D eigenvalue weighted by Gasteiger charge is 2.15. The van der Waals surface area contributed by atoms with E-state index in [1.54, 1.807) is 0 Å². The third kappa shape index (κ3) is 3.65. The average Bonchev–Trinajstić information content (AvgIpc) is 2.79. The van der Waals surface area contributed by atoms with Crippen LogP contribution in [0.5, 0.6) is 11.5 Å². The molecule has 4 nitrogen and oxygen atoms in total. The molecule has 120 valence electrons. The normalized spacial score (nSPS) is 14.7. The molecule has 0 fully saturated rings. The second-order valence-electron chi connectivity index (χ2n) is 5.82. The van der Waals surface area contributed by atoms with Crippen molar-refractivity contribution in [2.24, 2.45) is 0 Å². The average molecular weight is 311 g/mol. The Labute approximate surface area is 136 Å². The lowest BCUT2D eigenvalue weighted by atomic mass is 10.1. The number of hydrogen-bond donors (Lipinski definition) is 1. The summed E-state index contributed by atoms with van der Waals surface area (Å²) in [6, 6.07) is 13.3. The maximum atomic E-state index is 12.3. The zero-order valence-corrected chi connectivity index (χ0v) is 13.5. The van der Waals surface area contributed by atoms with Gasteiger partial charge in [-0.1, -0.05) is 23.8 Å². The van der Waals surface area contributed by atoms with E-state index < -0.39 is 0 Å². The molecule has 1 heterocycles. The van der Waals surface area contributed by atoms with Crippen LogP contribution in [-0.2, 0) is 0 Å². The zero-order valence-electron chi connectivity index (χ0n) is 13.5. The van der Waals surface area contributed by atoms with Crippen LogP contribution < -0.4 is 14.8 Å². The Morgan fingerprint density at radius 2 is 1.74 bits per heavy atom. The van der Waals surface area contributed by atoms with Crippen LogP contribution in [0.1, 0.15) is 40.9 Å². The van der Waals surface area contributed by atoms with Gasteiger partial charge in [0.25, 0.3) is 5.91 Å². The van der Waals surface area contributed by atoms with Gasteiger partial charge in [0, 0.05) is 12.0 Å². The minimum atomic E-state index is -0.110. The minimum absolute atomic E-state index is 0.0791. The maximum absolute atomic E-state index is 12.3. The van der Waals surface area contributed by atoms with Crippen molar-refractivity contribution >= 4 is 5.91 Å². The summed E-state index contributed by atoms with van der Waals surface area (Å²) in [6.45, 7) is 5.29. The fraction of sp³-hybridized carbons (Fsp3) is 0.316. The lowest BCUT2D eigenvalue weighted by Crippen LogP contribution is -2.26. The van der Waals surface area contributed by atoms with E-state index in [1.165, 1.54) is 0 Å². The van der Waals surface area contributed by atoms with E-state index in [2.05, 4.69) is 5.32 Å². The second-order valence-corrected chi connectivity index (χ2v) is 5.82. The summed E-state index contributed by atoms with van der Waals surface area (Å²) < 4.78 is 11.3.